The van der Waals surface area contributed by atoms with E-state index < -0.39 is 16.4 Å². The molecule has 1 N–H and O–H groups in total. The van der Waals surface area contributed by atoms with Crippen LogP contribution in [0.3, 0.4) is 0 Å². The Hall–Kier alpha value is -1.78. The first kappa shape index (κ1) is 22.9. The molecule has 168 valence electrons. The molecule has 7 nitrogen and oxygen atoms in total. The minimum atomic E-state index is -3.67. The summed E-state index contributed by atoms with van der Waals surface area (Å²) in [4.78, 5) is 17.0. The second kappa shape index (κ2) is 9.57. The second-order valence-electron chi connectivity index (χ2n) is 8.10. The largest absolute Gasteiger partial charge is 0.371 e. The third-order valence-corrected chi connectivity index (χ3v) is 7.57. The van der Waals surface area contributed by atoms with Crippen molar-refractivity contribution in [2.75, 3.05) is 51.7 Å². The lowest BCUT2D eigenvalue weighted by Gasteiger charge is -2.32. The van der Waals surface area contributed by atoms with Gasteiger partial charge in [0.25, 0.3) is 12.3 Å². The number of carbonyl (C=O) groups is 1. The van der Waals surface area contributed by atoms with Crippen molar-refractivity contribution in [1.29, 1.82) is 0 Å². The molecule has 2 heterocycles. The number of carbonyl (C=O) groups excluding carboxylic acids is 1. The van der Waals surface area contributed by atoms with Gasteiger partial charge in [-0.25, -0.2) is 21.5 Å². The van der Waals surface area contributed by atoms with Crippen LogP contribution in [0.1, 0.15) is 36.0 Å². The molecule has 1 aromatic carbocycles. The zero-order valence-corrected chi connectivity index (χ0v) is 18.3. The molecule has 2 saturated heterocycles. The molecule has 0 atom stereocenters. The summed E-state index contributed by atoms with van der Waals surface area (Å²) in [6.45, 7) is 2.41. The van der Waals surface area contributed by atoms with Crippen LogP contribution in [0.4, 0.5) is 14.5 Å². The fourth-order valence-corrected chi connectivity index (χ4v) is 4.95. The van der Waals surface area contributed by atoms with Crippen LogP contribution in [0.25, 0.3) is 0 Å². The van der Waals surface area contributed by atoms with Crippen molar-refractivity contribution in [3.63, 3.8) is 0 Å². The van der Waals surface area contributed by atoms with Crippen LogP contribution < -0.4 is 10.2 Å². The van der Waals surface area contributed by atoms with E-state index in [-0.39, 0.29) is 23.4 Å². The predicted molar refractivity (Wildman–Crippen MR) is 112 cm³/mol. The first-order valence-electron chi connectivity index (χ1n) is 10.3. The molecule has 2 aliphatic heterocycles. The Morgan fingerprint density at radius 1 is 1.17 bits per heavy atom. The quantitative estimate of drug-likeness (QED) is 0.697. The van der Waals surface area contributed by atoms with Crippen LogP contribution in [0.5, 0.6) is 0 Å². The third kappa shape index (κ3) is 5.28. The number of halogens is 2. The van der Waals surface area contributed by atoms with E-state index in [1.807, 2.05) is 0 Å². The molecule has 0 radical (unpaired) electrons. The Balaban J connectivity index is 1.79. The highest BCUT2D eigenvalue weighted by molar-refractivity contribution is 7.89. The Morgan fingerprint density at radius 3 is 2.37 bits per heavy atom. The number of piperidine rings is 1. The molecule has 2 aliphatic rings. The molecule has 0 saturated carbocycles. The molecule has 30 heavy (non-hydrogen) atoms. The summed E-state index contributed by atoms with van der Waals surface area (Å²) in [6.07, 6.45) is 0.879. The van der Waals surface area contributed by atoms with E-state index in [0.717, 1.165) is 35.9 Å². The lowest BCUT2D eigenvalue weighted by Crippen LogP contribution is -2.46. The van der Waals surface area contributed by atoms with Crippen LogP contribution in [-0.4, -0.2) is 82.8 Å². The van der Waals surface area contributed by atoms with Gasteiger partial charge < -0.3 is 10.2 Å². The molecular formula is C20H30F2N4O3S. The van der Waals surface area contributed by atoms with Crippen molar-refractivity contribution in [1.82, 2.24) is 14.5 Å². The van der Waals surface area contributed by atoms with Gasteiger partial charge >= 0.3 is 0 Å². The van der Waals surface area contributed by atoms with Gasteiger partial charge in [0.1, 0.15) is 0 Å². The third-order valence-electron chi connectivity index (χ3n) is 5.76. The molecule has 1 aromatic rings. The highest BCUT2D eigenvalue weighted by Crippen LogP contribution is 2.28. The van der Waals surface area contributed by atoms with Crippen molar-refractivity contribution in [2.24, 2.45) is 0 Å². The molecular weight excluding hydrogens is 414 g/mol. The van der Waals surface area contributed by atoms with Gasteiger partial charge in [0, 0.05) is 52.0 Å². The zero-order chi connectivity index (χ0) is 21.9. The number of nitrogens with zero attached hydrogens (tertiary/aromatic N) is 3. The number of benzene rings is 1. The fraction of sp³-hybridized carbons (Fsp3) is 0.650. The Labute approximate surface area is 177 Å². The highest BCUT2D eigenvalue weighted by Gasteiger charge is 2.27. The predicted octanol–water partition coefficient (Wildman–Crippen LogP) is 2.00. The van der Waals surface area contributed by atoms with Crippen LogP contribution in [0.15, 0.2) is 23.1 Å². The molecule has 10 heteroatoms. The number of hydrogen-bond donors (Lipinski definition) is 1. The molecule has 2 fully saturated rings. The van der Waals surface area contributed by atoms with E-state index in [0.29, 0.717) is 31.5 Å². The molecule has 0 spiro atoms. The van der Waals surface area contributed by atoms with Gasteiger partial charge in [-0.2, -0.15) is 0 Å². The number of amides is 1. The van der Waals surface area contributed by atoms with Crippen molar-refractivity contribution in [3.05, 3.63) is 23.8 Å². The number of rotatable bonds is 7. The maximum absolute atomic E-state index is 13.1. The van der Waals surface area contributed by atoms with E-state index in [9.17, 15) is 22.0 Å². The topological polar surface area (TPSA) is 73.0 Å². The van der Waals surface area contributed by atoms with E-state index in [2.05, 4.69) is 10.2 Å². The first-order valence-corrected chi connectivity index (χ1v) is 11.8. The molecule has 0 aromatic heterocycles. The minimum absolute atomic E-state index is 0.0762. The van der Waals surface area contributed by atoms with Crippen molar-refractivity contribution in [2.45, 2.75) is 43.0 Å². The van der Waals surface area contributed by atoms with Gasteiger partial charge in [0.2, 0.25) is 10.0 Å². The number of nitrogens with one attached hydrogen (secondary N) is 1. The number of alkyl halides is 2. The SMILES string of the molecule is CN(C)S(=O)(=O)c1ccc(N2CCCC2)c(C(=O)NC2CCN(CC(F)F)CC2)c1. The molecule has 1 amide bonds. The lowest BCUT2D eigenvalue weighted by atomic mass is 10.0. The summed E-state index contributed by atoms with van der Waals surface area (Å²) >= 11 is 0. The number of sulfonamides is 1. The monoisotopic (exact) mass is 444 g/mol. The second-order valence-corrected chi connectivity index (χ2v) is 10.3. The molecule has 0 unspecified atom stereocenters. The maximum atomic E-state index is 13.1. The molecule has 0 bridgehead atoms. The Kier molecular flexibility index (Phi) is 7.30. The van der Waals surface area contributed by atoms with Crippen LogP contribution in [-0.2, 0) is 10.0 Å². The van der Waals surface area contributed by atoms with E-state index >= 15 is 0 Å². The van der Waals surface area contributed by atoms with Gasteiger partial charge in [-0.05, 0) is 43.9 Å². The Bertz CT molecular complexity index is 850. The van der Waals surface area contributed by atoms with Crippen molar-refractivity contribution < 1.29 is 22.0 Å². The lowest BCUT2D eigenvalue weighted by molar-refractivity contribution is 0.0696. The summed E-state index contributed by atoms with van der Waals surface area (Å²) in [7, 11) is -0.758. The molecule has 3 rings (SSSR count). The summed E-state index contributed by atoms with van der Waals surface area (Å²) in [6, 6.07) is 4.58. The fourth-order valence-electron chi connectivity index (χ4n) is 4.02. The van der Waals surface area contributed by atoms with Gasteiger partial charge in [-0.3, -0.25) is 9.69 Å². The summed E-state index contributed by atoms with van der Waals surface area (Å²) < 4.78 is 51.4. The summed E-state index contributed by atoms with van der Waals surface area (Å²) in [5.74, 6) is -0.319. The number of anilines is 1. The van der Waals surface area contributed by atoms with Crippen LogP contribution in [0.2, 0.25) is 0 Å². The summed E-state index contributed by atoms with van der Waals surface area (Å²) in [5, 5.41) is 2.99. The average Bonchev–Trinajstić information content (AvgIpc) is 3.23. The number of likely N-dealkylation sites (tertiary alicyclic amines) is 1. The van der Waals surface area contributed by atoms with Gasteiger partial charge in [-0.1, -0.05) is 0 Å². The van der Waals surface area contributed by atoms with E-state index in [1.54, 1.807) is 17.0 Å². The molecule has 0 aliphatic carbocycles. The standard InChI is InChI=1S/C20H30F2N4O3S/c1-24(2)30(28,29)16-5-6-18(26-9-3-4-10-26)17(13-16)20(27)23-15-7-11-25(12-8-15)14-19(21)22/h5-6,13,15,19H,3-4,7-12,14H2,1-2H3,(H,23,27). The highest BCUT2D eigenvalue weighted by atomic mass is 32.2. The van der Waals surface area contributed by atoms with Gasteiger partial charge in [0.15, 0.2) is 0 Å². The normalized spacial score (nSPS) is 19.1. The maximum Gasteiger partial charge on any atom is 0.253 e. The van der Waals surface area contributed by atoms with Crippen molar-refractivity contribution in [3.8, 4) is 0 Å². The van der Waals surface area contributed by atoms with Crippen molar-refractivity contribution >= 4 is 21.6 Å². The Morgan fingerprint density at radius 2 is 1.80 bits per heavy atom. The van der Waals surface area contributed by atoms with Crippen LogP contribution >= 0.6 is 0 Å². The first-order chi connectivity index (χ1) is 14.2. The number of hydrogen-bond acceptors (Lipinski definition) is 5. The van der Waals surface area contributed by atoms with Gasteiger partial charge in [0.05, 0.1) is 17.0 Å². The van der Waals surface area contributed by atoms with E-state index in [1.165, 1.54) is 20.2 Å². The minimum Gasteiger partial charge on any atom is -0.371 e. The van der Waals surface area contributed by atoms with Gasteiger partial charge in [-0.15, -0.1) is 0 Å². The average molecular weight is 445 g/mol. The smallest absolute Gasteiger partial charge is 0.253 e. The van der Waals surface area contributed by atoms with Crippen LogP contribution in [0, 0.1) is 0 Å². The zero-order valence-electron chi connectivity index (χ0n) is 17.5. The van der Waals surface area contributed by atoms with E-state index in [4.69, 9.17) is 0 Å². The summed E-state index contributed by atoms with van der Waals surface area (Å²) in [5.41, 5.74) is 1.08.